The minimum atomic E-state index is 0.597. The van der Waals surface area contributed by atoms with E-state index in [1.165, 1.54) is 11.1 Å². The van der Waals surface area contributed by atoms with Gasteiger partial charge in [0.2, 0.25) is 5.95 Å². The number of hydrogen-bond acceptors (Lipinski definition) is 6. The van der Waals surface area contributed by atoms with E-state index >= 15 is 0 Å². The largest absolute Gasteiger partial charge is 0.353 e. The van der Waals surface area contributed by atoms with Crippen LogP contribution in [0.15, 0.2) is 66.9 Å². The van der Waals surface area contributed by atoms with Crippen molar-refractivity contribution in [2.24, 2.45) is 0 Å². The van der Waals surface area contributed by atoms with E-state index in [1.807, 2.05) is 6.07 Å². The topological polar surface area (TPSA) is 57.2 Å². The molecule has 0 saturated carbocycles. The molecule has 1 aliphatic heterocycles. The average Bonchev–Trinajstić information content (AvgIpc) is 2.76. The fourth-order valence-corrected chi connectivity index (χ4v) is 3.46. The van der Waals surface area contributed by atoms with Gasteiger partial charge in [-0.3, -0.25) is 4.90 Å². The second-order valence-electron chi connectivity index (χ2n) is 7.05. The first kappa shape index (κ1) is 18.4. The number of nitrogens with one attached hydrogen (secondary N) is 1. The van der Waals surface area contributed by atoms with E-state index in [1.54, 1.807) is 6.20 Å². The highest BCUT2D eigenvalue weighted by atomic mass is 15.3. The Balaban J connectivity index is 1.27. The number of anilines is 2. The molecule has 1 aliphatic rings. The molecule has 0 atom stereocenters. The van der Waals surface area contributed by atoms with E-state index in [4.69, 9.17) is 0 Å². The molecule has 2 aromatic carbocycles. The summed E-state index contributed by atoms with van der Waals surface area (Å²) >= 11 is 0. The van der Waals surface area contributed by atoms with Gasteiger partial charge >= 0.3 is 0 Å². The fourth-order valence-electron chi connectivity index (χ4n) is 3.46. The Morgan fingerprint density at radius 1 is 0.821 bits per heavy atom. The van der Waals surface area contributed by atoms with Gasteiger partial charge in [-0.25, -0.2) is 0 Å². The Morgan fingerprint density at radius 2 is 1.50 bits per heavy atom. The number of piperazine rings is 1. The molecule has 4 rings (SSSR count). The zero-order valence-corrected chi connectivity index (χ0v) is 16.0. The van der Waals surface area contributed by atoms with E-state index in [0.717, 1.165) is 51.5 Å². The van der Waals surface area contributed by atoms with Crippen LogP contribution in [0.1, 0.15) is 11.1 Å². The predicted octanol–water partition coefficient (Wildman–Crippen LogP) is 2.85. The third kappa shape index (κ3) is 5.04. The molecule has 2 heterocycles. The third-order valence-electron chi connectivity index (χ3n) is 5.03. The summed E-state index contributed by atoms with van der Waals surface area (Å²) in [6, 6.07) is 21.1. The molecule has 0 aliphatic carbocycles. The monoisotopic (exact) mass is 374 g/mol. The van der Waals surface area contributed by atoms with Crippen molar-refractivity contribution < 1.29 is 0 Å². The maximum atomic E-state index is 4.66. The molecule has 28 heavy (non-hydrogen) atoms. The average molecular weight is 374 g/mol. The van der Waals surface area contributed by atoms with Gasteiger partial charge in [-0.2, -0.15) is 10.1 Å². The van der Waals surface area contributed by atoms with Gasteiger partial charge in [0.1, 0.15) is 0 Å². The zero-order valence-electron chi connectivity index (χ0n) is 16.0. The molecular weight excluding hydrogens is 348 g/mol. The lowest BCUT2D eigenvalue weighted by Crippen LogP contribution is -2.46. The van der Waals surface area contributed by atoms with Crippen molar-refractivity contribution in [2.45, 2.75) is 13.0 Å². The lowest BCUT2D eigenvalue weighted by molar-refractivity contribution is 0.249. The standard InChI is InChI=1S/C22H26N6/c1-3-7-19(8-4-1)11-12-23-22-25-21(17-24-26-22)28-15-13-27(14-16-28)18-20-9-5-2-6-10-20/h1-10,17H,11-16,18H2,(H,23,25,26). The van der Waals surface area contributed by atoms with E-state index in [9.17, 15) is 0 Å². The fraction of sp³-hybridized carbons (Fsp3) is 0.318. The van der Waals surface area contributed by atoms with Crippen molar-refractivity contribution in [1.29, 1.82) is 0 Å². The van der Waals surface area contributed by atoms with Gasteiger partial charge in [0, 0.05) is 39.3 Å². The predicted molar refractivity (Wildman–Crippen MR) is 112 cm³/mol. The Morgan fingerprint density at radius 3 is 2.21 bits per heavy atom. The first-order chi connectivity index (χ1) is 13.9. The lowest BCUT2D eigenvalue weighted by atomic mass is 10.1. The minimum absolute atomic E-state index is 0.597. The molecule has 0 radical (unpaired) electrons. The van der Waals surface area contributed by atoms with E-state index in [0.29, 0.717) is 5.95 Å². The van der Waals surface area contributed by atoms with Crippen LogP contribution in [0.4, 0.5) is 11.8 Å². The Labute approximate surface area is 166 Å². The highest BCUT2D eigenvalue weighted by Crippen LogP contribution is 2.15. The molecule has 6 heteroatoms. The molecule has 144 valence electrons. The summed E-state index contributed by atoms with van der Waals surface area (Å²) in [5.74, 6) is 1.50. The first-order valence-electron chi connectivity index (χ1n) is 9.85. The third-order valence-corrected chi connectivity index (χ3v) is 5.03. The van der Waals surface area contributed by atoms with Gasteiger partial charge in [-0.15, -0.1) is 5.10 Å². The second-order valence-corrected chi connectivity index (χ2v) is 7.05. The summed E-state index contributed by atoms with van der Waals surface area (Å²) < 4.78 is 0. The molecule has 0 bridgehead atoms. The Kier molecular flexibility index (Phi) is 6.09. The highest BCUT2D eigenvalue weighted by molar-refractivity contribution is 5.40. The van der Waals surface area contributed by atoms with Gasteiger partial charge < -0.3 is 10.2 Å². The quantitative estimate of drug-likeness (QED) is 0.686. The van der Waals surface area contributed by atoms with Gasteiger partial charge in [0.05, 0.1) is 6.20 Å². The number of rotatable bonds is 7. The summed E-state index contributed by atoms with van der Waals surface area (Å²) in [5, 5.41) is 11.6. The molecule has 0 amide bonds. The molecule has 3 aromatic rings. The van der Waals surface area contributed by atoms with Crippen LogP contribution >= 0.6 is 0 Å². The van der Waals surface area contributed by atoms with Crippen molar-refractivity contribution in [3.8, 4) is 0 Å². The molecule has 1 N–H and O–H groups in total. The SMILES string of the molecule is c1ccc(CCNc2nncc(N3CCN(Cc4ccccc4)CC3)n2)cc1. The van der Waals surface area contributed by atoms with E-state index in [2.05, 4.69) is 84.9 Å². The summed E-state index contributed by atoms with van der Waals surface area (Å²) in [4.78, 5) is 9.44. The Bertz CT molecular complexity index is 847. The smallest absolute Gasteiger partial charge is 0.244 e. The van der Waals surface area contributed by atoms with Crippen LogP contribution in [-0.2, 0) is 13.0 Å². The van der Waals surface area contributed by atoms with Crippen LogP contribution in [0, 0.1) is 0 Å². The van der Waals surface area contributed by atoms with Crippen LogP contribution in [0.3, 0.4) is 0 Å². The van der Waals surface area contributed by atoms with Crippen molar-refractivity contribution in [1.82, 2.24) is 20.1 Å². The van der Waals surface area contributed by atoms with Crippen LogP contribution in [0.2, 0.25) is 0 Å². The van der Waals surface area contributed by atoms with E-state index < -0.39 is 0 Å². The van der Waals surface area contributed by atoms with Crippen molar-refractivity contribution in [3.63, 3.8) is 0 Å². The second kappa shape index (κ2) is 9.28. The molecule has 0 unspecified atom stereocenters. The number of nitrogens with zero attached hydrogens (tertiary/aromatic N) is 5. The summed E-state index contributed by atoms with van der Waals surface area (Å²) in [6.07, 6.45) is 2.70. The van der Waals surface area contributed by atoms with Crippen molar-refractivity contribution in [2.75, 3.05) is 42.9 Å². The number of benzene rings is 2. The zero-order chi connectivity index (χ0) is 19.0. The molecule has 6 nitrogen and oxygen atoms in total. The van der Waals surface area contributed by atoms with Crippen LogP contribution in [-0.4, -0.2) is 52.8 Å². The van der Waals surface area contributed by atoms with Gasteiger partial charge in [-0.1, -0.05) is 60.7 Å². The first-order valence-corrected chi connectivity index (χ1v) is 9.85. The molecular formula is C22H26N6. The molecule has 0 spiro atoms. The van der Waals surface area contributed by atoms with Gasteiger partial charge in [-0.05, 0) is 17.5 Å². The van der Waals surface area contributed by atoms with Crippen molar-refractivity contribution in [3.05, 3.63) is 78.0 Å². The molecule has 1 saturated heterocycles. The summed E-state index contributed by atoms with van der Waals surface area (Å²) in [6.45, 7) is 5.75. The van der Waals surface area contributed by atoms with Crippen LogP contribution in [0.25, 0.3) is 0 Å². The lowest BCUT2D eigenvalue weighted by Gasteiger charge is -2.35. The highest BCUT2D eigenvalue weighted by Gasteiger charge is 2.18. The normalized spacial score (nSPS) is 14.8. The molecule has 1 aromatic heterocycles. The van der Waals surface area contributed by atoms with Crippen molar-refractivity contribution >= 4 is 11.8 Å². The summed E-state index contributed by atoms with van der Waals surface area (Å²) in [5.41, 5.74) is 2.67. The van der Waals surface area contributed by atoms with Crippen LogP contribution < -0.4 is 10.2 Å². The van der Waals surface area contributed by atoms with E-state index in [-0.39, 0.29) is 0 Å². The number of aromatic nitrogens is 3. The maximum absolute atomic E-state index is 4.66. The van der Waals surface area contributed by atoms with Crippen LogP contribution in [0.5, 0.6) is 0 Å². The van der Waals surface area contributed by atoms with Gasteiger partial charge in [0.15, 0.2) is 5.82 Å². The number of hydrogen-bond donors (Lipinski definition) is 1. The minimum Gasteiger partial charge on any atom is -0.353 e. The molecule has 1 fully saturated rings. The maximum Gasteiger partial charge on any atom is 0.244 e. The summed E-state index contributed by atoms with van der Waals surface area (Å²) in [7, 11) is 0. The Hall–Kier alpha value is -2.99. The van der Waals surface area contributed by atoms with Gasteiger partial charge in [0.25, 0.3) is 0 Å².